The van der Waals surface area contributed by atoms with E-state index < -0.39 is 5.97 Å². The second-order valence-electron chi connectivity index (χ2n) is 8.35. The molecule has 2 aromatic heterocycles. The SMILES string of the molecule is COc1ccc2c(c1)c(Cc1nc(-c3ccc(C(=O)O)cc3)cs1)c(C)n2Cc1ccc(Br)cc1. The van der Waals surface area contributed by atoms with Crippen LogP contribution in [0.15, 0.2) is 76.6 Å². The lowest BCUT2D eigenvalue weighted by atomic mass is 10.1. The maximum absolute atomic E-state index is 11.1. The summed E-state index contributed by atoms with van der Waals surface area (Å²) >= 11 is 5.14. The van der Waals surface area contributed by atoms with E-state index in [0.29, 0.717) is 6.42 Å². The van der Waals surface area contributed by atoms with E-state index in [1.165, 1.54) is 27.7 Å². The van der Waals surface area contributed by atoms with Crippen LogP contribution >= 0.6 is 27.3 Å². The van der Waals surface area contributed by atoms with E-state index in [1.807, 2.05) is 23.6 Å². The maximum atomic E-state index is 11.1. The minimum absolute atomic E-state index is 0.271. The van der Waals surface area contributed by atoms with Gasteiger partial charge in [-0.3, -0.25) is 0 Å². The number of carboxylic acid groups (broad SMARTS) is 1. The number of nitrogens with zero attached hydrogens (tertiary/aromatic N) is 2. The number of carbonyl (C=O) groups is 1. The molecule has 0 saturated carbocycles. The molecule has 0 amide bonds. The molecule has 0 aliphatic heterocycles. The Balaban J connectivity index is 1.51. The largest absolute Gasteiger partial charge is 0.497 e. The zero-order valence-electron chi connectivity index (χ0n) is 19.3. The molecular weight excluding hydrogens is 524 g/mol. The van der Waals surface area contributed by atoms with Crippen LogP contribution in [0.2, 0.25) is 0 Å². The van der Waals surface area contributed by atoms with Crippen LogP contribution in [0.1, 0.15) is 32.2 Å². The molecule has 3 aromatic carbocycles. The number of methoxy groups -OCH3 is 1. The maximum Gasteiger partial charge on any atom is 0.335 e. The normalized spacial score (nSPS) is 11.2. The van der Waals surface area contributed by atoms with Gasteiger partial charge in [0, 0.05) is 45.0 Å². The quantitative estimate of drug-likeness (QED) is 0.235. The third-order valence-corrected chi connectivity index (χ3v) is 7.60. The van der Waals surface area contributed by atoms with Crippen molar-refractivity contribution in [3.63, 3.8) is 0 Å². The predicted octanol–water partition coefficient (Wildman–Crippen LogP) is 7.18. The van der Waals surface area contributed by atoms with Crippen LogP contribution in [-0.4, -0.2) is 27.7 Å². The van der Waals surface area contributed by atoms with Gasteiger partial charge < -0.3 is 14.4 Å². The van der Waals surface area contributed by atoms with Crippen LogP contribution in [0.25, 0.3) is 22.2 Å². The lowest BCUT2D eigenvalue weighted by Crippen LogP contribution is -2.02. The average molecular weight is 547 g/mol. The van der Waals surface area contributed by atoms with Crippen molar-refractivity contribution in [2.45, 2.75) is 19.9 Å². The van der Waals surface area contributed by atoms with Crippen molar-refractivity contribution < 1.29 is 14.6 Å². The Morgan fingerprint density at radius 1 is 1.09 bits per heavy atom. The molecule has 7 heteroatoms. The first-order valence-corrected chi connectivity index (χ1v) is 12.8. The van der Waals surface area contributed by atoms with Gasteiger partial charge in [-0.15, -0.1) is 11.3 Å². The molecule has 0 bridgehead atoms. The second kappa shape index (κ2) is 9.68. The average Bonchev–Trinajstić information content (AvgIpc) is 3.44. The van der Waals surface area contributed by atoms with Crippen molar-refractivity contribution in [1.82, 2.24) is 9.55 Å². The first-order valence-electron chi connectivity index (χ1n) is 11.1. The second-order valence-corrected chi connectivity index (χ2v) is 10.2. The van der Waals surface area contributed by atoms with Crippen molar-refractivity contribution in [2.24, 2.45) is 0 Å². The van der Waals surface area contributed by atoms with Crippen LogP contribution < -0.4 is 4.74 Å². The summed E-state index contributed by atoms with van der Waals surface area (Å²) < 4.78 is 8.95. The minimum Gasteiger partial charge on any atom is -0.497 e. The smallest absolute Gasteiger partial charge is 0.335 e. The summed E-state index contributed by atoms with van der Waals surface area (Å²) in [5.41, 5.74) is 6.88. The molecule has 0 atom stereocenters. The number of benzene rings is 3. The number of fused-ring (bicyclic) bond motifs is 1. The third-order valence-electron chi connectivity index (χ3n) is 6.22. The van der Waals surface area contributed by atoms with Gasteiger partial charge in [-0.05, 0) is 60.5 Å². The van der Waals surface area contributed by atoms with Gasteiger partial charge in [0.1, 0.15) is 5.75 Å². The fraction of sp³-hybridized carbons (Fsp3) is 0.143. The predicted molar refractivity (Wildman–Crippen MR) is 144 cm³/mol. The molecule has 0 fully saturated rings. The molecule has 5 rings (SSSR count). The number of carboxylic acids is 1. The zero-order valence-corrected chi connectivity index (χ0v) is 21.7. The molecule has 176 valence electrons. The molecule has 0 aliphatic carbocycles. The van der Waals surface area contributed by atoms with Gasteiger partial charge in [0.05, 0.1) is 23.4 Å². The highest BCUT2D eigenvalue weighted by Crippen LogP contribution is 2.33. The number of halogens is 1. The van der Waals surface area contributed by atoms with E-state index >= 15 is 0 Å². The van der Waals surface area contributed by atoms with Crippen molar-refractivity contribution in [2.75, 3.05) is 7.11 Å². The Morgan fingerprint density at radius 2 is 1.83 bits per heavy atom. The van der Waals surface area contributed by atoms with Gasteiger partial charge >= 0.3 is 5.97 Å². The zero-order chi connectivity index (χ0) is 24.5. The molecule has 5 nitrogen and oxygen atoms in total. The molecule has 0 saturated heterocycles. The number of ether oxygens (including phenoxy) is 1. The lowest BCUT2D eigenvalue weighted by molar-refractivity contribution is 0.0697. The summed E-state index contributed by atoms with van der Waals surface area (Å²) in [4.78, 5) is 16.0. The Kier molecular flexibility index (Phi) is 6.45. The summed E-state index contributed by atoms with van der Waals surface area (Å²) in [7, 11) is 1.69. The van der Waals surface area contributed by atoms with E-state index in [1.54, 1.807) is 30.6 Å². The van der Waals surface area contributed by atoms with Gasteiger partial charge in [-0.25, -0.2) is 9.78 Å². The molecule has 5 aromatic rings. The molecule has 0 spiro atoms. The Morgan fingerprint density at radius 3 is 2.51 bits per heavy atom. The summed E-state index contributed by atoms with van der Waals surface area (Å²) in [5, 5.41) is 13.4. The highest BCUT2D eigenvalue weighted by Gasteiger charge is 2.17. The number of hydrogen-bond acceptors (Lipinski definition) is 4. The molecular formula is C28H23BrN2O3S. The van der Waals surface area contributed by atoms with Crippen LogP contribution in [0, 0.1) is 6.92 Å². The summed E-state index contributed by atoms with van der Waals surface area (Å²) in [6.45, 7) is 2.95. The standard InChI is InChI=1S/C28H23BrN2O3S/c1-17-23(14-27-30-25(16-35-27)19-5-7-20(8-6-19)28(32)33)24-13-22(34-2)11-12-26(24)31(17)15-18-3-9-21(29)10-4-18/h3-13,16H,14-15H2,1-2H3,(H,32,33). The van der Waals surface area contributed by atoms with Gasteiger partial charge in [0.15, 0.2) is 0 Å². The number of aromatic nitrogens is 2. The van der Waals surface area contributed by atoms with Crippen LogP contribution in [0.3, 0.4) is 0 Å². The number of aromatic carboxylic acids is 1. The monoisotopic (exact) mass is 546 g/mol. The highest BCUT2D eigenvalue weighted by atomic mass is 79.9. The lowest BCUT2D eigenvalue weighted by Gasteiger charge is -2.09. The van der Waals surface area contributed by atoms with E-state index in [-0.39, 0.29) is 5.56 Å². The Bertz CT molecular complexity index is 1520. The fourth-order valence-corrected chi connectivity index (χ4v) is 5.40. The van der Waals surface area contributed by atoms with Crippen LogP contribution in [0.4, 0.5) is 0 Å². The number of rotatable bonds is 7. The van der Waals surface area contributed by atoms with Gasteiger partial charge in [-0.2, -0.15) is 0 Å². The molecule has 0 unspecified atom stereocenters. The van der Waals surface area contributed by atoms with Gasteiger partial charge in [-0.1, -0.05) is 40.2 Å². The van der Waals surface area contributed by atoms with Crippen molar-refractivity contribution in [1.29, 1.82) is 0 Å². The van der Waals surface area contributed by atoms with E-state index in [0.717, 1.165) is 33.0 Å². The molecule has 1 N–H and O–H groups in total. The summed E-state index contributed by atoms with van der Waals surface area (Å²) in [6.07, 6.45) is 0.709. The third kappa shape index (κ3) is 4.74. The van der Waals surface area contributed by atoms with Gasteiger partial charge in [0.25, 0.3) is 0 Å². The van der Waals surface area contributed by atoms with Crippen LogP contribution in [-0.2, 0) is 13.0 Å². The fourth-order valence-electron chi connectivity index (χ4n) is 4.32. The van der Waals surface area contributed by atoms with E-state index in [9.17, 15) is 4.79 Å². The molecule has 0 aliphatic rings. The van der Waals surface area contributed by atoms with Crippen molar-refractivity contribution in [3.8, 4) is 17.0 Å². The topological polar surface area (TPSA) is 64.3 Å². The van der Waals surface area contributed by atoms with Crippen LogP contribution in [0.5, 0.6) is 5.75 Å². The number of thiazole rings is 1. The van der Waals surface area contributed by atoms with E-state index in [4.69, 9.17) is 14.8 Å². The number of hydrogen-bond donors (Lipinski definition) is 1. The first-order chi connectivity index (χ1) is 16.9. The van der Waals surface area contributed by atoms with Gasteiger partial charge in [0.2, 0.25) is 0 Å². The summed E-state index contributed by atoms with van der Waals surface area (Å²) in [5.74, 6) is -0.0983. The molecule has 35 heavy (non-hydrogen) atoms. The summed E-state index contributed by atoms with van der Waals surface area (Å²) in [6, 6.07) is 21.5. The first kappa shape index (κ1) is 23.3. The molecule has 2 heterocycles. The highest BCUT2D eigenvalue weighted by molar-refractivity contribution is 9.10. The van der Waals surface area contributed by atoms with Crippen molar-refractivity contribution >= 4 is 44.1 Å². The minimum atomic E-state index is -0.930. The Labute approximate surface area is 215 Å². The van der Waals surface area contributed by atoms with Crippen molar-refractivity contribution in [3.05, 3.63) is 104 Å². The van der Waals surface area contributed by atoms with E-state index in [2.05, 4.69) is 63.8 Å². The Hall–Kier alpha value is -3.42. The molecule has 0 radical (unpaired) electrons.